The first kappa shape index (κ1) is 24.7. The summed E-state index contributed by atoms with van der Waals surface area (Å²) < 4.78 is 33.7. The molecule has 2 aromatic rings. The first-order chi connectivity index (χ1) is 16.4. The van der Waals surface area contributed by atoms with Gasteiger partial charge in [0.1, 0.15) is 5.75 Å². The summed E-state index contributed by atoms with van der Waals surface area (Å²) in [4.78, 5) is 17.8. The molecule has 0 N–H and O–H groups in total. The van der Waals surface area contributed by atoms with E-state index in [1.165, 1.54) is 9.87 Å². The van der Waals surface area contributed by atoms with Gasteiger partial charge in [0.2, 0.25) is 15.9 Å². The Hall–Kier alpha value is -2.42. The van der Waals surface area contributed by atoms with Gasteiger partial charge in [-0.25, -0.2) is 8.42 Å². The van der Waals surface area contributed by atoms with Gasteiger partial charge in [0, 0.05) is 45.8 Å². The zero-order valence-corrected chi connectivity index (χ0v) is 21.0. The molecule has 7 nitrogen and oxygen atoms in total. The van der Waals surface area contributed by atoms with E-state index < -0.39 is 10.0 Å². The third-order valence-electron chi connectivity index (χ3n) is 6.75. The first-order valence-electron chi connectivity index (χ1n) is 12.2. The zero-order chi connectivity index (χ0) is 24.1. The minimum absolute atomic E-state index is 0.0853. The third kappa shape index (κ3) is 5.62. The van der Waals surface area contributed by atoms with Crippen LogP contribution in [0.3, 0.4) is 0 Å². The van der Waals surface area contributed by atoms with Crippen LogP contribution in [0.1, 0.15) is 30.9 Å². The molecule has 2 aliphatic rings. The fourth-order valence-electron chi connectivity index (χ4n) is 4.84. The number of hydrogen-bond acceptors (Lipinski definition) is 5. The predicted octanol–water partition coefficient (Wildman–Crippen LogP) is 3.14. The molecule has 0 unspecified atom stereocenters. The standard InChI is InChI=1S/C26H35N3O4S/c1-3-33-25-12-11-24(18-21(25)2)34(31,32)29-13-7-10-23(20-29)26(30)28-16-14-27(15-17-28)19-22-8-5-4-6-9-22/h4-6,8-9,11-12,18,23H,3,7,10,13-17,19-20H2,1-2H3/t23-/m1/s1. The third-order valence-corrected chi connectivity index (χ3v) is 8.61. The monoisotopic (exact) mass is 485 g/mol. The molecule has 2 fully saturated rings. The van der Waals surface area contributed by atoms with Crippen LogP contribution >= 0.6 is 0 Å². The molecular weight excluding hydrogens is 450 g/mol. The Balaban J connectivity index is 1.36. The normalized spacial score (nSPS) is 20.3. The maximum Gasteiger partial charge on any atom is 0.243 e. The van der Waals surface area contributed by atoms with Crippen molar-refractivity contribution in [1.82, 2.24) is 14.1 Å². The number of carbonyl (C=O) groups is 1. The van der Waals surface area contributed by atoms with E-state index in [9.17, 15) is 13.2 Å². The average molecular weight is 486 g/mol. The van der Waals surface area contributed by atoms with E-state index >= 15 is 0 Å². The predicted molar refractivity (Wildman–Crippen MR) is 132 cm³/mol. The molecule has 0 aliphatic carbocycles. The van der Waals surface area contributed by atoms with Gasteiger partial charge >= 0.3 is 0 Å². The quantitative estimate of drug-likeness (QED) is 0.603. The molecule has 2 heterocycles. The smallest absolute Gasteiger partial charge is 0.243 e. The molecular formula is C26H35N3O4S. The van der Waals surface area contributed by atoms with Gasteiger partial charge in [-0.2, -0.15) is 4.31 Å². The number of nitrogens with zero attached hydrogens (tertiary/aromatic N) is 3. The van der Waals surface area contributed by atoms with Crippen LogP contribution in [0, 0.1) is 12.8 Å². The van der Waals surface area contributed by atoms with Crippen molar-refractivity contribution in [2.45, 2.75) is 38.1 Å². The van der Waals surface area contributed by atoms with Crippen LogP contribution in [0.5, 0.6) is 5.75 Å². The van der Waals surface area contributed by atoms with E-state index in [0.29, 0.717) is 38.4 Å². The maximum absolute atomic E-state index is 13.3. The number of sulfonamides is 1. The molecule has 0 radical (unpaired) electrons. The second-order valence-electron chi connectivity index (χ2n) is 9.15. The molecule has 2 aliphatic heterocycles. The van der Waals surface area contributed by atoms with E-state index in [1.807, 2.05) is 36.9 Å². The van der Waals surface area contributed by atoms with Gasteiger partial charge in [0.25, 0.3) is 0 Å². The molecule has 2 aromatic carbocycles. The van der Waals surface area contributed by atoms with Crippen molar-refractivity contribution in [3.05, 3.63) is 59.7 Å². The van der Waals surface area contributed by atoms with Crippen LogP contribution in [0.15, 0.2) is 53.4 Å². The summed E-state index contributed by atoms with van der Waals surface area (Å²) in [6.07, 6.45) is 1.43. The molecule has 184 valence electrons. The van der Waals surface area contributed by atoms with E-state index in [0.717, 1.165) is 31.6 Å². The van der Waals surface area contributed by atoms with Crippen LogP contribution in [0.25, 0.3) is 0 Å². The maximum atomic E-state index is 13.3. The summed E-state index contributed by atoms with van der Waals surface area (Å²) in [5.74, 6) is 0.495. The van der Waals surface area contributed by atoms with Crippen LogP contribution in [0.2, 0.25) is 0 Å². The zero-order valence-electron chi connectivity index (χ0n) is 20.2. The SMILES string of the molecule is CCOc1ccc(S(=O)(=O)N2CCC[C@@H](C(=O)N3CCN(Cc4ccccc4)CC3)C2)cc1C. The molecule has 0 spiro atoms. The Morgan fingerprint density at radius 1 is 1.03 bits per heavy atom. The van der Waals surface area contributed by atoms with Crippen LogP contribution in [-0.4, -0.2) is 74.3 Å². The van der Waals surface area contributed by atoms with Crippen molar-refractivity contribution in [1.29, 1.82) is 0 Å². The van der Waals surface area contributed by atoms with Crippen molar-refractivity contribution in [3.63, 3.8) is 0 Å². The number of ether oxygens (including phenoxy) is 1. The van der Waals surface area contributed by atoms with E-state index in [1.54, 1.807) is 18.2 Å². The van der Waals surface area contributed by atoms with Gasteiger partial charge < -0.3 is 9.64 Å². The van der Waals surface area contributed by atoms with Gasteiger partial charge in [-0.3, -0.25) is 9.69 Å². The first-order valence-corrected chi connectivity index (χ1v) is 13.6. The summed E-state index contributed by atoms with van der Waals surface area (Å²) in [5, 5.41) is 0. The molecule has 0 bridgehead atoms. The highest BCUT2D eigenvalue weighted by Crippen LogP contribution is 2.28. The minimum Gasteiger partial charge on any atom is -0.494 e. The number of rotatable bonds is 7. The van der Waals surface area contributed by atoms with Crippen molar-refractivity contribution in [2.24, 2.45) is 5.92 Å². The Morgan fingerprint density at radius 3 is 2.44 bits per heavy atom. The Labute approximate surface area is 203 Å². The number of carbonyl (C=O) groups excluding carboxylic acids is 1. The van der Waals surface area contributed by atoms with Gasteiger partial charge in [0.05, 0.1) is 17.4 Å². The number of aryl methyl sites for hydroxylation is 1. The number of amides is 1. The van der Waals surface area contributed by atoms with E-state index in [-0.39, 0.29) is 23.3 Å². The minimum atomic E-state index is -3.66. The summed E-state index contributed by atoms with van der Waals surface area (Å²) in [6.45, 7) is 8.91. The van der Waals surface area contributed by atoms with Crippen LogP contribution in [-0.2, 0) is 21.4 Å². The van der Waals surface area contributed by atoms with Crippen LogP contribution < -0.4 is 4.74 Å². The molecule has 1 amide bonds. The molecule has 2 saturated heterocycles. The highest BCUT2D eigenvalue weighted by atomic mass is 32.2. The van der Waals surface area contributed by atoms with Crippen molar-refractivity contribution >= 4 is 15.9 Å². The highest BCUT2D eigenvalue weighted by molar-refractivity contribution is 7.89. The molecule has 0 saturated carbocycles. The Morgan fingerprint density at radius 2 is 1.76 bits per heavy atom. The number of hydrogen-bond donors (Lipinski definition) is 0. The van der Waals surface area contributed by atoms with Gasteiger partial charge in [0.15, 0.2) is 0 Å². The molecule has 8 heteroatoms. The fraction of sp³-hybridized carbons (Fsp3) is 0.500. The van der Waals surface area contributed by atoms with E-state index in [4.69, 9.17) is 4.74 Å². The molecule has 0 aromatic heterocycles. The van der Waals surface area contributed by atoms with Gasteiger partial charge in [-0.1, -0.05) is 30.3 Å². The Bertz CT molecular complexity index is 1080. The van der Waals surface area contributed by atoms with E-state index in [2.05, 4.69) is 17.0 Å². The van der Waals surface area contributed by atoms with Crippen molar-refractivity contribution in [2.75, 3.05) is 45.9 Å². The molecule has 1 atom stereocenters. The Kier molecular flexibility index (Phi) is 7.91. The molecule has 4 rings (SSSR count). The number of benzene rings is 2. The molecule has 34 heavy (non-hydrogen) atoms. The summed E-state index contributed by atoms with van der Waals surface area (Å²) in [6, 6.07) is 15.3. The largest absolute Gasteiger partial charge is 0.494 e. The van der Waals surface area contributed by atoms with Crippen LogP contribution in [0.4, 0.5) is 0 Å². The lowest BCUT2D eigenvalue weighted by molar-refractivity contribution is -0.138. The summed E-state index contributed by atoms with van der Waals surface area (Å²) in [5.41, 5.74) is 2.07. The highest BCUT2D eigenvalue weighted by Gasteiger charge is 2.36. The second-order valence-corrected chi connectivity index (χ2v) is 11.1. The lowest BCUT2D eigenvalue weighted by Crippen LogP contribution is -2.52. The lowest BCUT2D eigenvalue weighted by Gasteiger charge is -2.38. The number of piperidine rings is 1. The summed E-state index contributed by atoms with van der Waals surface area (Å²) >= 11 is 0. The van der Waals surface area contributed by atoms with Crippen molar-refractivity contribution < 1.29 is 17.9 Å². The number of piperazine rings is 1. The summed E-state index contributed by atoms with van der Waals surface area (Å²) in [7, 11) is -3.66. The van der Waals surface area contributed by atoms with Gasteiger partial charge in [-0.05, 0) is 56.0 Å². The topological polar surface area (TPSA) is 70.2 Å². The van der Waals surface area contributed by atoms with Crippen molar-refractivity contribution in [3.8, 4) is 5.75 Å². The lowest BCUT2D eigenvalue weighted by atomic mass is 9.97. The second kappa shape index (κ2) is 10.9. The average Bonchev–Trinajstić information content (AvgIpc) is 2.86. The fourth-order valence-corrected chi connectivity index (χ4v) is 6.45. The van der Waals surface area contributed by atoms with Gasteiger partial charge in [-0.15, -0.1) is 0 Å².